The molecule has 2 aliphatic heterocycles. The summed E-state index contributed by atoms with van der Waals surface area (Å²) >= 11 is 0. The molecule has 0 spiro atoms. The van der Waals surface area contributed by atoms with Gasteiger partial charge in [-0.2, -0.15) is 0 Å². The quantitative estimate of drug-likeness (QED) is 0.182. The number of para-hydroxylation sites is 8. The molecule has 0 amide bonds. The predicted octanol–water partition coefficient (Wildman–Crippen LogP) is 13.6. The molecule has 51 heavy (non-hydrogen) atoms. The average molecular weight is 671 g/mol. The monoisotopic (exact) mass is 670 g/mol. The van der Waals surface area contributed by atoms with Crippen molar-refractivity contribution < 1.29 is 18.3 Å². The lowest BCUT2D eigenvalue weighted by Crippen LogP contribution is -2.23. The maximum absolute atomic E-state index is 16.3. The highest BCUT2D eigenvalue weighted by Gasteiger charge is 2.37. The van der Waals surface area contributed by atoms with E-state index in [1.54, 1.807) is 24.3 Å². The largest absolute Gasteiger partial charge is 0.453 e. The van der Waals surface area contributed by atoms with E-state index in [-0.39, 0.29) is 17.6 Å². The Bertz CT molecular complexity index is 2220. The molecule has 6 heteroatoms. The molecule has 2 aliphatic rings. The number of benzene rings is 7. The van der Waals surface area contributed by atoms with Crippen molar-refractivity contribution in [3.63, 3.8) is 0 Å². The van der Waals surface area contributed by atoms with E-state index in [0.717, 1.165) is 39.7 Å². The number of ether oxygens (including phenoxy) is 2. The van der Waals surface area contributed by atoms with E-state index in [4.69, 9.17) is 9.47 Å². The summed E-state index contributed by atoms with van der Waals surface area (Å²) < 4.78 is 45.4. The molecule has 7 aromatic rings. The highest BCUT2D eigenvalue weighted by Crippen LogP contribution is 2.61. The van der Waals surface area contributed by atoms with Gasteiger partial charge in [-0.1, -0.05) is 98.8 Å². The number of rotatable bonds is 5. The van der Waals surface area contributed by atoms with E-state index in [1.807, 2.05) is 115 Å². The summed E-state index contributed by atoms with van der Waals surface area (Å²) in [4.78, 5) is 4.36. The maximum Gasteiger partial charge on any atom is 0.151 e. The van der Waals surface area contributed by atoms with E-state index < -0.39 is 0 Å². The fourth-order valence-corrected chi connectivity index (χ4v) is 7.37. The van der Waals surface area contributed by atoms with E-state index >= 15 is 8.78 Å². The van der Waals surface area contributed by atoms with Gasteiger partial charge in [0.1, 0.15) is 11.6 Å². The molecule has 7 aromatic carbocycles. The molecular weight excluding hydrogens is 639 g/mol. The molecule has 0 bridgehead atoms. The van der Waals surface area contributed by atoms with Crippen LogP contribution in [-0.4, -0.2) is 0 Å². The molecule has 0 aliphatic carbocycles. The fourth-order valence-electron chi connectivity index (χ4n) is 7.37. The minimum atomic E-state index is -0.377. The van der Waals surface area contributed by atoms with Gasteiger partial charge in [0.25, 0.3) is 0 Å². The minimum absolute atomic E-state index is 0.142. The smallest absolute Gasteiger partial charge is 0.151 e. The summed E-state index contributed by atoms with van der Waals surface area (Å²) in [5.74, 6) is 1.80. The Morgan fingerprint density at radius 2 is 0.725 bits per heavy atom. The van der Waals surface area contributed by atoms with Crippen LogP contribution >= 0.6 is 0 Å². The zero-order chi connectivity index (χ0) is 34.6. The summed E-state index contributed by atoms with van der Waals surface area (Å²) in [7, 11) is 0. The van der Waals surface area contributed by atoms with Gasteiger partial charge in [-0.15, -0.1) is 0 Å². The molecule has 0 radical (unpaired) electrons. The topological polar surface area (TPSA) is 24.9 Å². The van der Waals surface area contributed by atoms with E-state index in [9.17, 15) is 0 Å². The highest BCUT2D eigenvalue weighted by atomic mass is 19.1. The van der Waals surface area contributed by atoms with Gasteiger partial charge in [0.2, 0.25) is 0 Å². The lowest BCUT2D eigenvalue weighted by Gasteiger charge is -2.40. The fraction of sp³-hybridized carbons (Fsp3) is 0.0667. The van der Waals surface area contributed by atoms with E-state index in [2.05, 4.69) is 23.6 Å². The summed E-state index contributed by atoms with van der Waals surface area (Å²) in [5, 5.41) is 0. The molecule has 0 aromatic heterocycles. The Labute approximate surface area is 295 Å². The van der Waals surface area contributed by atoms with Crippen molar-refractivity contribution in [1.82, 2.24) is 0 Å². The van der Waals surface area contributed by atoms with Gasteiger partial charge in [-0.3, -0.25) is 0 Å². The van der Waals surface area contributed by atoms with Gasteiger partial charge >= 0.3 is 0 Å². The Morgan fingerprint density at radius 1 is 0.412 bits per heavy atom. The van der Waals surface area contributed by atoms with Crippen LogP contribution in [-0.2, 0) is 0 Å². The lowest BCUT2D eigenvalue weighted by molar-refractivity contribution is 0.476. The lowest BCUT2D eigenvalue weighted by atomic mass is 9.85. The van der Waals surface area contributed by atoms with Crippen molar-refractivity contribution in [1.29, 1.82) is 0 Å². The molecule has 0 atom stereocenters. The average Bonchev–Trinajstić information content (AvgIpc) is 3.16. The Kier molecular flexibility index (Phi) is 7.32. The normalized spacial score (nSPS) is 12.7. The van der Waals surface area contributed by atoms with Crippen molar-refractivity contribution in [2.45, 2.75) is 19.8 Å². The molecule has 0 saturated carbocycles. The van der Waals surface area contributed by atoms with Gasteiger partial charge in [0.05, 0.1) is 34.1 Å². The first-order chi connectivity index (χ1) is 25.0. The van der Waals surface area contributed by atoms with Crippen LogP contribution in [0.1, 0.15) is 25.3 Å². The van der Waals surface area contributed by atoms with Crippen LogP contribution in [0.15, 0.2) is 152 Å². The molecule has 9 rings (SSSR count). The standard InChI is InChI=1S/C45H32F2N2O2/c1-28(2)43-44(48-35-19-7-11-23-39(35)50-40-24-12-8-20-36(40)48)31(29-15-3-5-17-33(29)46)27-32(30-16-4-6-18-34(30)47)45(43)49-37-21-9-13-25-41(37)51-42-26-14-10-22-38(42)49/h3-28H,1-2H3. The SMILES string of the molecule is CC(C)c1c(N2c3ccccc3Oc3ccccc32)c(-c2ccccc2F)cc(-c2ccccc2F)c1N1c2ccccc2Oc2ccccc21. The molecular formula is C45H32F2N2O2. The van der Waals surface area contributed by atoms with Crippen LogP contribution in [0.5, 0.6) is 23.0 Å². The minimum Gasteiger partial charge on any atom is -0.453 e. The molecule has 0 fully saturated rings. The Morgan fingerprint density at radius 3 is 1.06 bits per heavy atom. The Balaban J connectivity index is 1.50. The van der Waals surface area contributed by atoms with E-state index in [0.29, 0.717) is 45.3 Å². The number of hydrogen-bond acceptors (Lipinski definition) is 4. The third kappa shape index (κ3) is 4.94. The second kappa shape index (κ2) is 12.2. The Hall–Kier alpha value is -6.40. The van der Waals surface area contributed by atoms with Gasteiger partial charge in [0, 0.05) is 27.8 Å². The van der Waals surface area contributed by atoms with Crippen LogP contribution in [0, 0.1) is 11.6 Å². The third-order valence-electron chi connectivity index (χ3n) is 9.53. The first kappa shape index (κ1) is 30.6. The molecule has 0 N–H and O–H groups in total. The number of fused-ring (bicyclic) bond motifs is 4. The third-order valence-corrected chi connectivity index (χ3v) is 9.53. The molecule has 0 unspecified atom stereocenters. The number of hydrogen-bond donors (Lipinski definition) is 0. The zero-order valence-electron chi connectivity index (χ0n) is 28.0. The maximum atomic E-state index is 16.3. The van der Waals surface area contributed by atoms with Crippen LogP contribution in [0.2, 0.25) is 0 Å². The van der Waals surface area contributed by atoms with Crippen LogP contribution < -0.4 is 19.3 Å². The van der Waals surface area contributed by atoms with Crippen LogP contribution in [0.25, 0.3) is 22.3 Å². The van der Waals surface area contributed by atoms with Crippen LogP contribution in [0.4, 0.5) is 42.9 Å². The van der Waals surface area contributed by atoms with Crippen molar-refractivity contribution >= 4 is 34.1 Å². The summed E-state index contributed by atoms with van der Waals surface area (Å²) in [5.41, 5.74) is 7.74. The summed E-state index contributed by atoms with van der Waals surface area (Å²) in [6.45, 7) is 4.27. The second-order valence-corrected chi connectivity index (χ2v) is 12.9. The zero-order valence-corrected chi connectivity index (χ0v) is 28.0. The van der Waals surface area contributed by atoms with Crippen molar-refractivity contribution in [3.05, 3.63) is 169 Å². The van der Waals surface area contributed by atoms with Gasteiger partial charge in [-0.05, 0) is 72.6 Å². The van der Waals surface area contributed by atoms with Gasteiger partial charge in [-0.25, -0.2) is 8.78 Å². The summed E-state index contributed by atoms with van der Waals surface area (Å²) in [6.07, 6.45) is 0. The number of anilines is 6. The first-order valence-corrected chi connectivity index (χ1v) is 17.0. The van der Waals surface area contributed by atoms with Gasteiger partial charge < -0.3 is 19.3 Å². The highest BCUT2D eigenvalue weighted by molar-refractivity contribution is 6.04. The van der Waals surface area contributed by atoms with Crippen molar-refractivity contribution in [2.24, 2.45) is 0 Å². The van der Waals surface area contributed by atoms with Crippen molar-refractivity contribution in [3.8, 4) is 45.3 Å². The summed E-state index contributed by atoms with van der Waals surface area (Å²) in [6, 6.07) is 47.1. The predicted molar refractivity (Wildman–Crippen MR) is 201 cm³/mol. The number of halogens is 2. The van der Waals surface area contributed by atoms with Crippen molar-refractivity contribution in [2.75, 3.05) is 9.80 Å². The van der Waals surface area contributed by atoms with Crippen LogP contribution in [0.3, 0.4) is 0 Å². The second-order valence-electron chi connectivity index (χ2n) is 12.9. The molecule has 0 saturated heterocycles. The van der Waals surface area contributed by atoms with Gasteiger partial charge in [0.15, 0.2) is 23.0 Å². The number of nitrogens with zero attached hydrogens (tertiary/aromatic N) is 2. The molecule has 4 nitrogen and oxygen atoms in total. The first-order valence-electron chi connectivity index (χ1n) is 17.0. The van der Waals surface area contributed by atoms with E-state index in [1.165, 1.54) is 12.1 Å². The molecule has 248 valence electrons. The molecule has 2 heterocycles.